The van der Waals surface area contributed by atoms with Gasteiger partial charge in [-0.3, -0.25) is 14.2 Å². The number of aromatic amines is 1. The topological polar surface area (TPSA) is 119 Å². The number of hydrogen-bond acceptors (Lipinski definition) is 7. The lowest BCUT2D eigenvalue weighted by molar-refractivity contribution is -0.114. The van der Waals surface area contributed by atoms with Gasteiger partial charge < -0.3 is 15.0 Å². The summed E-state index contributed by atoms with van der Waals surface area (Å²) >= 11 is 1.28. The van der Waals surface area contributed by atoms with Crippen molar-refractivity contribution in [3.05, 3.63) is 52.6 Å². The van der Waals surface area contributed by atoms with Gasteiger partial charge in [0.1, 0.15) is 5.82 Å². The van der Waals surface area contributed by atoms with E-state index in [0.29, 0.717) is 39.3 Å². The summed E-state index contributed by atoms with van der Waals surface area (Å²) in [5.74, 6) is 0.538. The summed E-state index contributed by atoms with van der Waals surface area (Å²) in [6.07, 6.45) is 2.09. The average molecular weight is 468 g/mol. The Hall–Kier alpha value is -3.40. The number of hydrogen-bond donors (Lipinski definition) is 2. The number of Topliss-reactive ketones (excluding diaryl/α,β-unsaturated/α-hetero) is 1. The summed E-state index contributed by atoms with van der Waals surface area (Å²) in [7, 11) is 1.32. The van der Waals surface area contributed by atoms with E-state index < -0.39 is 5.97 Å². The minimum atomic E-state index is -0.471. The van der Waals surface area contributed by atoms with Crippen LogP contribution in [0.25, 0.3) is 5.69 Å². The largest absolute Gasteiger partial charge is 0.465 e. The molecule has 0 bridgehead atoms. The van der Waals surface area contributed by atoms with Gasteiger partial charge in [-0.25, -0.2) is 4.79 Å². The van der Waals surface area contributed by atoms with Crippen molar-refractivity contribution in [3.63, 3.8) is 0 Å². The van der Waals surface area contributed by atoms with Gasteiger partial charge in [-0.05, 0) is 50.5 Å². The normalized spacial score (nSPS) is 13.1. The highest BCUT2D eigenvalue weighted by Gasteiger charge is 2.31. The van der Waals surface area contributed by atoms with Crippen molar-refractivity contribution in [2.24, 2.45) is 0 Å². The highest BCUT2D eigenvalue weighted by atomic mass is 32.2. The van der Waals surface area contributed by atoms with Crippen LogP contribution in [0.1, 0.15) is 63.6 Å². The monoisotopic (exact) mass is 467 g/mol. The van der Waals surface area contributed by atoms with E-state index >= 15 is 0 Å². The number of thioether (sulfide) groups is 1. The molecule has 1 aliphatic rings. The molecule has 1 aliphatic carbocycles. The van der Waals surface area contributed by atoms with Crippen molar-refractivity contribution < 1.29 is 19.1 Å². The first-order valence-electron chi connectivity index (χ1n) is 10.6. The Balaban J connectivity index is 1.60. The number of anilines is 1. The lowest BCUT2D eigenvalue weighted by atomic mass is 10.1. The van der Waals surface area contributed by atoms with Crippen LogP contribution < -0.4 is 5.32 Å². The third-order valence-electron chi connectivity index (χ3n) is 5.46. The standard InChI is InChI=1S/C23H25N5O4S/c1-12-19(22(31)32-4)13(2)24-20(12)18(30)11-33-23-27-26-21(15-8-9-15)28(23)17-7-5-6-16(10-17)25-14(3)29/h5-7,10,15,24H,8-9,11H2,1-4H3,(H,25,29). The van der Waals surface area contributed by atoms with E-state index in [1.54, 1.807) is 13.8 Å². The summed E-state index contributed by atoms with van der Waals surface area (Å²) in [5.41, 5.74) is 3.45. The number of ketones is 1. The fourth-order valence-electron chi connectivity index (χ4n) is 3.79. The second-order valence-electron chi connectivity index (χ2n) is 8.01. The Kier molecular flexibility index (Phi) is 6.37. The van der Waals surface area contributed by atoms with Crippen molar-refractivity contribution in [2.75, 3.05) is 18.2 Å². The Labute approximate surface area is 195 Å². The lowest BCUT2D eigenvalue weighted by Gasteiger charge is -2.11. The van der Waals surface area contributed by atoms with E-state index in [2.05, 4.69) is 20.5 Å². The molecule has 0 unspecified atom stereocenters. The number of nitrogens with zero attached hydrogens (tertiary/aromatic N) is 3. The van der Waals surface area contributed by atoms with Crippen LogP contribution in [0.5, 0.6) is 0 Å². The smallest absolute Gasteiger partial charge is 0.339 e. The number of benzene rings is 1. The molecule has 3 aromatic rings. The molecular formula is C23H25N5O4S. The van der Waals surface area contributed by atoms with Gasteiger partial charge in [-0.15, -0.1) is 10.2 Å². The number of aromatic nitrogens is 4. The Morgan fingerprint density at radius 2 is 2.00 bits per heavy atom. The first kappa shape index (κ1) is 22.8. The molecule has 1 aromatic carbocycles. The molecule has 0 saturated heterocycles. The van der Waals surface area contributed by atoms with E-state index in [1.165, 1.54) is 25.8 Å². The van der Waals surface area contributed by atoms with Crippen LogP contribution >= 0.6 is 11.8 Å². The Bertz CT molecular complexity index is 1240. The molecule has 2 aromatic heterocycles. The van der Waals surface area contributed by atoms with Crippen molar-refractivity contribution >= 4 is 35.1 Å². The number of amides is 1. The summed E-state index contributed by atoms with van der Waals surface area (Å²) in [5, 5.41) is 12.1. The SMILES string of the molecule is COC(=O)c1c(C)[nH]c(C(=O)CSc2nnc(C3CC3)n2-c2cccc(NC(C)=O)c2)c1C. The van der Waals surface area contributed by atoms with Crippen LogP contribution in [0, 0.1) is 13.8 Å². The summed E-state index contributed by atoms with van der Waals surface area (Å²) < 4.78 is 6.78. The van der Waals surface area contributed by atoms with Gasteiger partial charge >= 0.3 is 5.97 Å². The molecule has 33 heavy (non-hydrogen) atoms. The molecule has 0 radical (unpaired) electrons. The molecular weight excluding hydrogens is 442 g/mol. The number of esters is 1. The van der Waals surface area contributed by atoms with Crippen LogP contribution in [0.3, 0.4) is 0 Å². The molecule has 2 heterocycles. The molecule has 10 heteroatoms. The Morgan fingerprint density at radius 3 is 2.67 bits per heavy atom. The third kappa shape index (κ3) is 4.70. The number of carbonyl (C=O) groups is 3. The number of ether oxygens (including phenoxy) is 1. The number of rotatable bonds is 8. The maximum atomic E-state index is 13.0. The third-order valence-corrected chi connectivity index (χ3v) is 6.39. The second-order valence-corrected chi connectivity index (χ2v) is 8.95. The van der Waals surface area contributed by atoms with E-state index in [1.807, 2.05) is 28.8 Å². The van der Waals surface area contributed by atoms with Crippen molar-refractivity contribution in [1.29, 1.82) is 0 Å². The highest BCUT2D eigenvalue weighted by Crippen LogP contribution is 2.41. The summed E-state index contributed by atoms with van der Waals surface area (Å²) in [4.78, 5) is 39.5. The van der Waals surface area contributed by atoms with Gasteiger partial charge in [0.05, 0.1) is 29.8 Å². The van der Waals surface area contributed by atoms with Crippen molar-refractivity contribution in [1.82, 2.24) is 19.7 Å². The lowest BCUT2D eigenvalue weighted by Crippen LogP contribution is -2.09. The summed E-state index contributed by atoms with van der Waals surface area (Å²) in [6, 6.07) is 7.46. The minimum Gasteiger partial charge on any atom is -0.465 e. The summed E-state index contributed by atoms with van der Waals surface area (Å²) in [6.45, 7) is 4.93. The molecule has 0 aliphatic heterocycles. The second kappa shape index (κ2) is 9.22. The molecule has 9 nitrogen and oxygen atoms in total. The van der Waals surface area contributed by atoms with Gasteiger partial charge in [-0.2, -0.15) is 0 Å². The molecule has 1 saturated carbocycles. The molecule has 4 rings (SSSR count). The molecule has 0 spiro atoms. The van der Waals surface area contributed by atoms with Gasteiger partial charge in [0.2, 0.25) is 5.91 Å². The first-order chi connectivity index (χ1) is 15.8. The number of carbonyl (C=O) groups excluding carboxylic acids is 3. The zero-order valence-electron chi connectivity index (χ0n) is 18.9. The number of methoxy groups -OCH3 is 1. The van der Waals surface area contributed by atoms with Gasteiger partial charge in [0.25, 0.3) is 0 Å². The van der Waals surface area contributed by atoms with Crippen LogP contribution in [0.4, 0.5) is 5.69 Å². The molecule has 2 N–H and O–H groups in total. The zero-order valence-corrected chi connectivity index (χ0v) is 19.7. The highest BCUT2D eigenvalue weighted by molar-refractivity contribution is 7.99. The molecule has 1 fully saturated rings. The van der Waals surface area contributed by atoms with Crippen LogP contribution in [0.15, 0.2) is 29.4 Å². The van der Waals surface area contributed by atoms with Crippen LogP contribution in [-0.4, -0.2) is 50.3 Å². The van der Waals surface area contributed by atoms with E-state index in [-0.39, 0.29) is 17.4 Å². The van der Waals surface area contributed by atoms with Crippen molar-refractivity contribution in [3.8, 4) is 5.69 Å². The maximum absolute atomic E-state index is 13.0. The molecule has 0 atom stereocenters. The number of H-pyrrole nitrogens is 1. The predicted octanol–water partition coefficient (Wildman–Crippen LogP) is 3.81. The fourth-order valence-corrected chi connectivity index (χ4v) is 4.62. The van der Waals surface area contributed by atoms with Crippen LogP contribution in [0.2, 0.25) is 0 Å². The minimum absolute atomic E-state index is 0.121. The fraction of sp³-hybridized carbons (Fsp3) is 0.348. The van der Waals surface area contributed by atoms with E-state index in [9.17, 15) is 14.4 Å². The Morgan fingerprint density at radius 1 is 1.24 bits per heavy atom. The number of aryl methyl sites for hydroxylation is 1. The van der Waals surface area contributed by atoms with Crippen LogP contribution in [-0.2, 0) is 9.53 Å². The predicted molar refractivity (Wildman–Crippen MR) is 124 cm³/mol. The average Bonchev–Trinajstić information content (AvgIpc) is 3.46. The zero-order chi connectivity index (χ0) is 23.7. The maximum Gasteiger partial charge on any atom is 0.339 e. The first-order valence-corrected chi connectivity index (χ1v) is 11.6. The van der Waals surface area contributed by atoms with E-state index in [4.69, 9.17) is 4.74 Å². The number of nitrogens with one attached hydrogen (secondary N) is 2. The quantitative estimate of drug-likeness (QED) is 0.294. The van der Waals surface area contributed by atoms with E-state index in [0.717, 1.165) is 24.4 Å². The molecule has 1 amide bonds. The van der Waals surface area contributed by atoms with Gasteiger partial charge in [0, 0.05) is 24.2 Å². The van der Waals surface area contributed by atoms with Crippen molar-refractivity contribution in [2.45, 2.75) is 44.7 Å². The molecule has 172 valence electrons. The van der Waals surface area contributed by atoms with Gasteiger partial charge in [0.15, 0.2) is 10.9 Å². The van der Waals surface area contributed by atoms with Gasteiger partial charge in [-0.1, -0.05) is 17.8 Å².